The summed E-state index contributed by atoms with van der Waals surface area (Å²) >= 11 is 6.55. The van der Waals surface area contributed by atoms with Crippen LogP contribution >= 0.6 is 11.6 Å². The Hall–Kier alpha value is -1.32. The van der Waals surface area contributed by atoms with Gasteiger partial charge in [-0.1, -0.05) is 17.7 Å². The molecule has 20 heavy (non-hydrogen) atoms. The lowest BCUT2D eigenvalue weighted by Crippen LogP contribution is -2.29. The van der Waals surface area contributed by atoms with Gasteiger partial charge >= 0.3 is 0 Å². The molecule has 4 heteroatoms. The predicted octanol–water partition coefficient (Wildman–Crippen LogP) is 3.23. The van der Waals surface area contributed by atoms with Gasteiger partial charge in [0.05, 0.1) is 22.8 Å². The number of allylic oxidation sites excluding steroid dienone is 1. The number of aliphatic hydroxyl groups is 1. The van der Waals surface area contributed by atoms with Crippen LogP contribution in [0.2, 0.25) is 0 Å². The van der Waals surface area contributed by atoms with Gasteiger partial charge in [-0.05, 0) is 54.4 Å². The molecule has 102 valence electrons. The molecule has 0 amide bonds. The van der Waals surface area contributed by atoms with E-state index in [0.29, 0.717) is 11.0 Å². The molecular weight excluding hydrogens is 272 g/mol. The quantitative estimate of drug-likeness (QED) is 0.781. The van der Waals surface area contributed by atoms with Crippen LogP contribution in [0.3, 0.4) is 0 Å². The number of nitrogens with zero attached hydrogens (tertiary/aromatic N) is 1. The van der Waals surface area contributed by atoms with Crippen molar-refractivity contribution < 1.29 is 5.11 Å². The van der Waals surface area contributed by atoms with Crippen LogP contribution in [0.25, 0.3) is 16.5 Å². The molecule has 3 aliphatic carbocycles. The van der Waals surface area contributed by atoms with Crippen LogP contribution in [-0.2, 0) is 6.42 Å². The number of aromatic amines is 1. The third-order valence-corrected chi connectivity index (χ3v) is 6.05. The highest BCUT2D eigenvalue weighted by Gasteiger charge is 2.54. The molecule has 2 bridgehead atoms. The summed E-state index contributed by atoms with van der Waals surface area (Å²) in [6, 6.07) is 4.22. The zero-order chi connectivity index (χ0) is 13.5. The van der Waals surface area contributed by atoms with Crippen molar-refractivity contribution in [2.45, 2.75) is 31.8 Å². The van der Waals surface area contributed by atoms with Crippen molar-refractivity contribution in [3.63, 3.8) is 0 Å². The van der Waals surface area contributed by atoms with Crippen LogP contribution in [0.1, 0.15) is 30.4 Å². The first kappa shape index (κ1) is 11.4. The lowest BCUT2D eigenvalue weighted by molar-refractivity contribution is 0.138. The normalized spacial score (nSPS) is 34.7. The zero-order valence-corrected chi connectivity index (χ0v) is 11.7. The Morgan fingerprint density at radius 1 is 1.40 bits per heavy atom. The maximum absolute atomic E-state index is 10.4. The van der Waals surface area contributed by atoms with Crippen LogP contribution in [0, 0.1) is 11.3 Å². The topological polar surface area (TPSA) is 48.9 Å². The number of hydrogen-bond donors (Lipinski definition) is 2. The molecule has 3 aliphatic rings. The number of halogens is 1. The number of hydrogen-bond acceptors (Lipinski definition) is 2. The van der Waals surface area contributed by atoms with E-state index < -0.39 is 6.10 Å². The monoisotopic (exact) mass is 286 g/mol. The molecule has 0 radical (unpaired) electrons. The van der Waals surface area contributed by atoms with Crippen molar-refractivity contribution in [3.05, 3.63) is 34.5 Å². The van der Waals surface area contributed by atoms with Gasteiger partial charge in [-0.3, -0.25) is 5.10 Å². The molecule has 1 fully saturated rings. The van der Waals surface area contributed by atoms with Gasteiger partial charge in [0.25, 0.3) is 0 Å². The van der Waals surface area contributed by atoms with Gasteiger partial charge in [-0.15, -0.1) is 0 Å². The molecule has 0 saturated heterocycles. The van der Waals surface area contributed by atoms with E-state index >= 15 is 0 Å². The minimum Gasteiger partial charge on any atom is -0.387 e. The molecule has 1 aromatic carbocycles. The molecule has 1 heterocycles. The van der Waals surface area contributed by atoms with Crippen LogP contribution in [0.4, 0.5) is 0 Å². The van der Waals surface area contributed by atoms with Gasteiger partial charge < -0.3 is 5.11 Å². The summed E-state index contributed by atoms with van der Waals surface area (Å²) in [7, 11) is 0. The number of rotatable bonds is 0. The molecule has 1 aromatic heterocycles. The third-order valence-electron chi connectivity index (χ3n) is 5.64. The molecule has 3 nitrogen and oxygen atoms in total. The SMILES string of the molecule is O[C@H]1C(Cl)=C2c3ccc4[nH]ncc4c3CC23CC[C@@H]1C3. The fraction of sp³-hybridized carbons (Fsp3) is 0.438. The van der Waals surface area contributed by atoms with Crippen LogP contribution in [0.15, 0.2) is 23.4 Å². The highest BCUT2D eigenvalue weighted by Crippen LogP contribution is 2.64. The Balaban J connectivity index is 1.86. The standard InChI is InChI=1S/C16H15ClN2O/c17-14-13-9-1-2-12-11(7-18-19-12)10(9)6-16(13)4-3-8(5-16)15(14)20/h1-2,7-8,15,20H,3-6H2,(H,18,19)/t8-,15-,16?/m1/s1. The highest BCUT2D eigenvalue weighted by molar-refractivity contribution is 6.34. The summed E-state index contributed by atoms with van der Waals surface area (Å²) in [6.07, 6.45) is 5.81. The first-order valence-corrected chi connectivity index (χ1v) is 7.61. The van der Waals surface area contributed by atoms with Crippen molar-refractivity contribution in [2.24, 2.45) is 11.3 Å². The van der Waals surface area contributed by atoms with E-state index in [2.05, 4.69) is 22.3 Å². The van der Waals surface area contributed by atoms with Gasteiger partial charge in [-0.2, -0.15) is 5.10 Å². The van der Waals surface area contributed by atoms with Crippen LogP contribution in [0.5, 0.6) is 0 Å². The van der Waals surface area contributed by atoms with E-state index in [1.54, 1.807) is 0 Å². The number of aliphatic hydroxyl groups excluding tert-OH is 1. The summed E-state index contributed by atoms with van der Waals surface area (Å²) in [6.45, 7) is 0. The Morgan fingerprint density at radius 2 is 2.30 bits per heavy atom. The van der Waals surface area contributed by atoms with E-state index in [9.17, 15) is 5.11 Å². The zero-order valence-electron chi connectivity index (χ0n) is 11.0. The molecule has 3 atom stereocenters. The predicted molar refractivity (Wildman–Crippen MR) is 78.4 cm³/mol. The Morgan fingerprint density at radius 3 is 3.20 bits per heavy atom. The average Bonchev–Trinajstić information content (AvgIpc) is 3.11. The van der Waals surface area contributed by atoms with E-state index in [4.69, 9.17) is 11.6 Å². The Bertz CT molecular complexity index is 778. The van der Waals surface area contributed by atoms with Gasteiger partial charge in [0.2, 0.25) is 0 Å². The number of aromatic nitrogens is 2. The minimum atomic E-state index is -0.465. The largest absolute Gasteiger partial charge is 0.387 e. The number of H-pyrrole nitrogens is 1. The molecule has 1 unspecified atom stereocenters. The second-order valence-corrected chi connectivity index (χ2v) is 6.96. The molecule has 1 saturated carbocycles. The molecule has 5 rings (SSSR count). The molecule has 2 aromatic rings. The second-order valence-electron chi connectivity index (χ2n) is 6.55. The average molecular weight is 287 g/mol. The molecule has 2 N–H and O–H groups in total. The Kier molecular flexibility index (Phi) is 1.97. The minimum absolute atomic E-state index is 0.175. The van der Waals surface area contributed by atoms with Crippen molar-refractivity contribution in [3.8, 4) is 0 Å². The van der Waals surface area contributed by atoms with E-state index in [1.165, 1.54) is 22.1 Å². The van der Waals surface area contributed by atoms with Gasteiger partial charge in [0.15, 0.2) is 0 Å². The van der Waals surface area contributed by atoms with Crippen molar-refractivity contribution >= 4 is 28.1 Å². The van der Waals surface area contributed by atoms with Gasteiger partial charge in [0, 0.05) is 10.8 Å². The fourth-order valence-electron chi connectivity index (χ4n) is 4.77. The lowest BCUT2D eigenvalue weighted by atomic mass is 9.74. The summed E-state index contributed by atoms with van der Waals surface area (Å²) in [5.41, 5.74) is 5.08. The van der Waals surface area contributed by atoms with E-state index in [1.807, 2.05) is 6.20 Å². The smallest absolute Gasteiger partial charge is 0.0927 e. The molecular formula is C16H15ClN2O. The van der Waals surface area contributed by atoms with Gasteiger partial charge in [0.1, 0.15) is 0 Å². The van der Waals surface area contributed by atoms with Gasteiger partial charge in [-0.25, -0.2) is 0 Å². The Labute approximate surface area is 121 Å². The van der Waals surface area contributed by atoms with E-state index in [-0.39, 0.29) is 5.41 Å². The highest BCUT2D eigenvalue weighted by atomic mass is 35.5. The maximum Gasteiger partial charge on any atom is 0.0927 e. The first-order valence-electron chi connectivity index (χ1n) is 7.23. The fourth-order valence-corrected chi connectivity index (χ4v) is 5.26. The van der Waals surface area contributed by atoms with E-state index in [0.717, 1.165) is 31.2 Å². The summed E-state index contributed by atoms with van der Waals surface area (Å²) < 4.78 is 0. The molecule has 0 aliphatic heterocycles. The third kappa shape index (κ3) is 1.15. The van der Waals surface area contributed by atoms with Crippen molar-refractivity contribution in [1.29, 1.82) is 0 Å². The summed E-state index contributed by atoms with van der Waals surface area (Å²) in [4.78, 5) is 0. The van der Waals surface area contributed by atoms with Crippen LogP contribution in [-0.4, -0.2) is 21.4 Å². The number of nitrogens with one attached hydrogen (secondary N) is 1. The first-order chi connectivity index (χ1) is 9.70. The maximum atomic E-state index is 10.4. The summed E-state index contributed by atoms with van der Waals surface area (Å²) in [5, 5.41) is 19.5. The van der Waals surface area contributed by atoms with Crippen molar-refractivity contribution in [2.75, 3.05) is 0 Å². The molecule has 1 spiro atoms. The van der Waals surface area contributed by atoms with Crippen molar-refractivity contribution in [1.82, 2.24) is 10.2 Å². The number of fused-ring (bicyclic) bond motifs is 5. The number of benzene rings is 1. The van der Waals surface area contributed by atoms with Crippen LogP contribution < -0.4 is 0 Å². The lowest BCUT2D eigenvalue weighted by Gasteiger charge is -2.33. The summed E-state index contributed by atoms with van der Waals surface area (Å²) in [5.74, 6) is 0.348. The second kappa shape index (κ2) is 3.46.